The monoisotopic (exact) mass is 355 g/mol. The topological polar surface area (TPSA) is 81.1 Å². The first-order valence-electron chi connectivity index (χ1n) is 7.73. The summed E-state index contributed by atoms with van der Waals surface area (Å²) in [5.74, 6) is 0.487. The highest BCUT2D eigenvalue weighted by molar-refractivity contribution is 7.91. The van der Waals surface area contributed by atoms with Crippen LogP contribution in [0.25, 0.3) is 10.2 Å². The minimum absolute atomic E-state index is 0.0454. The van der Waals surface area contributed by atoms with Crippen molar-refractivity contribution in [3.05, 3.63) is 16.6 Å². The molecule has 0 aromatic carbocycles. The van der Waals surface area contributed by atoms with Crippen molar-refractivity contribution in [3.63, 3.8) is 0 Å². The Morgan fingerprint density at radius 3 is 2.87 bits per heavy atom. The minimum Gasteiger partial charge on any atom is -0.348 e. The number of fused-ring (bicyclic) bond motifs is 1. The molecule has 23 heavy (non-hydrogen) atoms. The largest absolute Gasteiger partial charge is 0.348 e. The molecule has 0 spiro atoms. The van der Waals surface area contributed by atoms with Gasteiger partial charge < -0.3 is 5.32 Å². The van der Waals surface area contributed by atoms with E-state index in [4.69, 9.17) is 0 Å². The second kappa shape index (κ2) is 5.90. The van der Waals surface area contributed by atoms with E-state index in [1.807, 2.05) is 17.7 Å². The van der Waals surface area contributed by atoms with Crippen LogP contribution >= 0.6 is 11.3 Å². The molecule has 126 valence electrons. The summed E-state index contributed by atoms with van der Waals surface area (Å²) in [5, 5.41) is 8.37. The number of amides is 1. The first kappa shape index (κ1) is 16.4. The average Bonchev–Trinajstić information content (AvgIpc) is 3.07. The van der Waals surface area contributed by atoms with Gasteiger partial charge in [-0.1, -0.05) is 13.8 Å². The zero-order valence-corrected chi connectivity index (χ0v) is 15.1. The fraction of sp³-hybridized carbons (Fsp3) is 0.600. The number of nitrogens with zero attached hydrogens (tertiary/aromatic N) is 2. The lowest BCUT2D eigenvalue weighted by atomic mass is 10.2. The summed E-state index contributed by atoms with van der Waals surface area (Å²) in [6.45, 7) is 7.01. The lowest BCUT2D eigenvalue weighted by Gasteiger charge is -2.09. The van der Waals surface area contributed by atoms with Gasteiger partial charge in [-0.05, 0) is 25.3 Å². The molecule has 6 nitrogen and oxygen atoms in total. The number of aromatic nitrogens is 2. The maximum absolute atomic E-state index is 12.4. The van der Waals surface area contributed by atoms with Crippen molar-refractivity contribution in [2.24, 2.45) is 5.92 Å². The molecule has 0 aliphatic carbocycles. The average molecular weight is 355 g/mol. The number of rotatable bonds is 4. The zero-order valence-electron chi connectivity index (χ0n) is 13.5. The second-order valence-corrected chi connectivity index (χ2v) is 9.82. The molecule has 0 radical (unpaired) electrons. The number of carbonyl (C=O) groups excluding carboxylic acids is 1. The molecule has 1 N–H and O–H groups in total. The van der Waals surface area contributed by atoms with E-state index >= 15 is 0 Å². The van der Waals surface area contributed by atoms with E-state index in [1.165, 1.54) is 11.3 Å². The third kappa shape index (κ3) is 3.42. The number of hydrogen-bond acceptors (Lipinski definition) is 5. The number of aryl methyl sites for hydroxylation is 1. The van der Waals surface area contributed by atoms with Gasteiger partial charge >= 0.3 is 0 Å². The van der Waals surface area contributed by atoms with Crippen molar-refractivity contribution in [3.8, 4) is 0 Å². The van der Waals surface area contributed by atoms with E-state index in [-0.39, 0.29) is 23.5 Å². The lowest BCUT2D eigenvalue weighted by molar-refractivity contribution is 0.0945. The number of nitrogens with one attached hydrogen (secondary N) is 1. The highest BCUT2D eigenvalue weighted by Crippen LogP contribution is 2.29. The minimum atomic E-state index is -2.99. The molecule has 8 heteroatoms. The van der Waals surface area contributed by atoms with Crippen molar-refractivity contribution >= 4 is 37.3 Å². The Balaban J connectivity index is 1.81. The summed E-state index contributed by atoms with van der Waals surface area (Å²) >= 11 is 1.42. The van der Waals surface area contributed by atoms with Crippen LogP contribution in [0.3, 0.4) is 0 Å². The second-order valence-electron chi connectivity index (χ2n) is 6.56. The molecule has 1 aliphatic heterocycles. The molecule has 3 rings (SSSR count). The van der Waals surface area contributed by atoms with Gasteiger partial charge in [-0.3, -0.25) is 9.48 Å². The molecule has 0 saturated carbocycles. The van der Waals surface area contributed by atoms with Crippen molar-refractivity contribution in [2.75, 3.05) is 11.5 Å². The normalized spacial score (nSPS) is 20.4. The van der Waals surface area contributed by atoms with E-state index in [0.717, 1.165) is 22.5 Å². The zero-order chi connectivity index (χ0) is 16.8. The van der Waals surface area contributed by atoms with Crippen LogP contribution < -0.4 is 5.32 Å². The Hall–Kier alpha value is -1.41. The van der Waals surface area contributed by atoms with Crippen LogP contribution in [0.5, 0.6) is 0 Å². The summed E-state index contributed by atoms with van der Waals surface area (Å²) in [5.41, 5.74) is 0.916. The highest BCUT2D eigenvalue weighted by atomic mass is 32.2. The van der Waals surface area contributed by atoms with Gasteiger partial charge in [0.2, 0.25) is 0 Å². The molecule has 1 amide bonds. The van der Waals surface area contributed by atoms with Crippen molar-refractivity contribution in [2.45, 2.75) is 39.8 Å². The van der Waals surface area contributed by atoms with E-state index in [9.17, 15) is 13.2 Å². The molecule has 3 heterocycles. The van der Waals surface area contributed by atoms with Crippen LogP contribution in [0.2, 0.25) is 0 Å². The van der Waals surface area contributed by atoms with E-state index < -0.39 is 9.84 Å². The lowest BCUT2D eigenvalue weighted by Crippen LogP contribution is -2.35. The molecular formula is C15H21N3O3S2. The molecule has 1 unspecified atom stereocenters. The number of thiophene rings is 1. The Labute approximate surface area is 139 Å². The van der Waals surface area contributed by atoms with Gasteiger partial charge in [0.15, 0.2) is 9.84 Å². The van der Waals surface area contributed by atoms with Crippen molar-refractivity contribution < 1.29 is 13.2 Å². The maximum atomic E-state index is 12.4. The molecule has 1 saturated heterocycles. The third-order valence-electron chi connectivity index (χ3n) is 3.94. The first-order chi connectivity index (χ1) is 10.7. The molecule has 0 bridgehead atoms. The smallest absolute Gasteiger partial charge is 0.261 e. The maximum Gasteiger partial charge on any atom is 0.261 e. The fourth-order valence-corrected chi connectivity index (χ4v) is 5.61. The number of carbonyl (C=O) groups is 1. The Bertz CT molecular complexity index is 849. The van der Waals surface area contributed by atoms with Crippen molar-refractivity contribution in [1.82, 2.24) is 15.1 Å². The number of hydrogen-bond donors (Lipinski definition) is 1. The summed E-state index contributed by atoms with van der Waals surface area (Å²) < 4.78 is 24.9. The third-order valence-corrected chi connectivity index (χ3v) is 6.85. The molecule has 1 fully saturated rings. The Kier molecular flexibility index (Phi) is 4.22. The quantitative estimate of drug-likeness (QED) is 0.909. The summed E-state index contributed by atoms with van der Waals surface area (Å²) in [4.78, 5) is 14.0. The van der Waals surface area contributed by atoms with Gasteiger partial charge in [0.1, 0.15) is 4.83 Å². The van der Waals surface area contributed by atoms with Gasteiger partial charge in [-0.25, -0.2) is 8.42 Å². The number of sulfone groups is 1. The summed E-state index contributed by atoms with van der Waals surface area (Å²) in [6.07, 6.45) is 0.499. The van der Waals surface area contributed by atoms with Gasteiger partial charge in [0, 0.05) is 18.0 Å². The van der Waals surface area contributed by atoms with Crippen LogP contribution in [0.15, 0.2) is 6.07 Å². The van der Waals surface area contributed by atoms with Crippen molar-refractivity contribution in [1.29, 1.82) is 0 Å². The van der Waals surface area contributed by atoms with Gasteiger partial charge in [-0.2, -0.15) is 5.10 Å². The predicted molar refractivity (Wildman–Crippen MR) is 91.7 cm³/mol. The Morgan fingerprint density at radius 1 is 1.52 bits per heavy atom. The molecule has 2 aromatic rings. The highest BCUT2D eigenvalue weighted by Gasteiger charge is 2.29. The van der Waals surface area contributed by atoms with Crippen LogP contribution in [0.1, 0.15) is 35.6 Å². The fourth-order valence-electron chi connectivity index (χ4n) is 2.86. The summed E-state index contributed by atoms with van der Waals surface area (Å²) in [6, 6.07) is 1.59. The van der Waals surface area contributed by atoms with E-state index in [0.29, 0.717) is 17.2 Å². The van der Waals surface area contributed by atoms with Crippen LogP contribution in [-0.2, 0) is 16.4 Å². The molecule has 1 atom stereocenters. The van der Waals surface area contributed by atoms with Gasteiger partial charge in [0.25, 0.3) is 5.91 Å². The summed E-state index contributed by atoms with van der Waals surface area (Å²) in [7, 11) is -2.99. The predicted octanol–water partition coefficient (Wildman–Crippen LogP) is 1.98. The van der Waals surface area contributed by atoms with Crippen LogP contribution in [-0.4, -0.2) is 41.7 Å². The van der Waals surface area contributed by atoms with Crippen LogP contribution in [0.4, 0.5) is 0 Å². The molecular weight excluding hydrogens is 334 g/mol. The Morgan fingerprint density at radius 2 is 2.26 bits per heavy atom. The standard InChI is InChI=1S/C15H21N3O3S2/c1-9(2)7-18-15-12(10(3)17-18)6-13(22-15)14(19)16-11-4-5-23(20,21)8-11/h6,9,11H,4-5,7-8H2,1-3H3,(H,16,19). The van der Waals surface area contributed by atoms with Gasteiger partial charge in [0.05, 0.1) is 22.1 Å². The SMILES string of the molecule is Cc1nn(CC(C)C)c2sc(C(=O)NC3CCS(=O)(=O)C3)cc12. The van der Waals surface area contributed by atoms with Gasteiger partial charge in [-0.15, -0.1) is 11.3 Å². The molecule has 1 aliphatic rings. The van der Waals surface area contributed by atoms with E-state index in [2.05, 4.69) is 24.3 Å². The van der Waals surface area contributed by atoms with Crippen LogP contribution in [0, 0.1) is 12.8 Å². The van der Waals surface area contributed by atoms with E-state index in [1.54, 1.807) is 0 Å². The molecule has 2 aromatic heterocycles. The first-order valence-corrected chi connectivity index (χ1v) is 10.4.